The van der Waals surface area contributed by atoms with Gasteiger partial charge < -0.3 is 8.94 Å². The smallest absolute Gasteiger partial charge is 0.259 e. The first kappa shape index (κ1) is 12.3. The van der Waals surface area contributed by atoms with E-state index in [0.717, 1.165) is 22.1 Å². The molecule has 3 aromatic heterocycles. The lowest BCUT2D eigenvalue weighted by Gasteiger charge is -1.91. The van der Waals surface area contributed by atoms with Crippen molar-refractivity contribution >= 4 is 22.3 Å². The highest BCUT2D eigenvalue weighted by molar-refractivity contribution is 7.08. The average molecular weight is 296 g/mol. The summed E-state index contributed by atoms with van der Waals surface area (Å²) in [5.41, 5.74) is 4.01. The Bertz CT molecular complexity index is 919. The molecule has 3 heterocycles. The molecule has 5 heteroatoms. The van der Waals surface area contributed by atoms with Gasteiger partial charge in [0.15, 0.2) is 5.76 Å². The minimum atomic E-state index is 0.488. The van der Waals surface area contributed by atoms with Crippen LogP contribution in [0.2, 0.25) is 0 Å². The second-order valence-electron chi connectivity index (χ2n) is 4.99. The maximum Gasteiger partial charge on any atom is 0.259 e. The number of benzene rings is 1. The summed E-state index contributed by atoms with van der Waals surface area (Å²) in [7, 11) is 0. The Hall–Kier alpha value is -2.40. The molecule has 0 amide bonds. The maximum atomic E-state index is 5.89. The summed E-state index contributed by atoms with van der Waals surface area (Å²) in [5.74, 6) is 1.67. The Morgan fingerprint density at radius 3 is 2.86 bits per heavy atom. The second kappa shape index (κ2) is 4.56. The summed E-state index contributed by atoms with van der Waals surface area (Å²) in [5, 5.41) is 9.09. The van der Waals surface area contributed by atoms with Gasteiger partial charge in [-0.3, -0.25) is 0 Å². The van der Waals surface area contributed by atoms with Crippen LogP contribution in [0.1, 0.15) is 11.1 Å². The molecule has 4 aromatic rings. The minimum Gasteiger partial charge on any atom is -0.452 e. The molecule has 0 aliphatic carbocycles. The van der Waals surface area contributed by atoms with E-state index < -0.39 is 0 Å². The zero-order valence-electron chi connectivity index (χ0n) is 11.6. The zero-order valence-corrected chi connectivity index (χ0v) is 12.4. The van der Waals surface area contributed by atoms with E-state index in [1.807, 2.05) is 35.9 Å². The van der Waals surface area contributed by atoms with Gasteiger partial charge in [-0.05, 0) is 37.4 Å². The molecule has 0 saturated heterocycles. The van der Waals surface area contributed by atoms with Crippen LogP contribution < -0.4 is 0 Å². The van der Waals surface area contributed by atoms with Crippen LogP contribution in [0.15, 0.2) is 44.0 Å². The Morgan fingerprint density at radius 2 is 2.05 bits per heavy atom. The highest BCUT2D eigenvalue weighted by Crippen LogP contribution is 2.33. The van der Waals surface area contributed by atoms with Gasteiger partial charge in [-0.25, -0.2) is 0 Å². The third-order valence-electron chi connectivity index (χ3n) is 3.49. The Balaban J connectivity index is 1.85. The van der Waals surface area contributed by atoms with Crippen molar-refractivity contribution in [2.75, 3.05) is 0 Å². The molecule has 0 aliphatic heterocycles. The van der Waals surface area contributed by atoms with Crippen LogP contribution >= 0.6 is 11.3 Å². The third-order valence-corrected chi connectivity index (χ3v) is 4.17. The summed E-state index contributed by atoms with van der Waals surface area (Å²) in [6.45, 7) is 4.08. The zero-order chi connectivity index (χ0) is 14.4. The van der Waals surface area contributed by atoms with Gasteiger partial charge in [0.25, 0.3) is 5.89 Å². The van der Waals surface area contributed by atoms with Crippen molar-refractivity contribution < 1.29 is 8.94 Å². The Morgan fingerprint density at radius 1 is 1.14 bits per heavy atom. The fourth-order valence-corrected chi connectivity index (χ4v) is 3.00. The van der Waals surface area contributed by atoms with Gasteiger partial charge in [0.2, 0.25) is 5.82 Å². The van der Waals surface area contributed by atoms with Crippen molar-refractivity contribution in [1.82, 2.24) is 10.1 Å². The molecule has 0 bridgehead atoms. The van der Waals surface area contributed by atoms with Crippen LogP contribution in [0.25, 0.3) is 34.0 Å². The number of furan rings is 1. The molecule has 21 heavy (non-hydrogen) atoms. The molecule has 0 unspecified atom stereocenters. The molecule has 0 saturated carbocycles. The van der Waals surface area contributed by atoms with E-state index in [1.54, 1.807) is 11.3 Å². The largest absolute Gasteiger partial charge is 0.452 e. The molecule has 0 N–H and O–H groups in total. The van der Waals surface area contributed by atoms with Crippen LogP contribution in [0.4, 0.5) is 0 Å². The van der Waals surface area contributed by atoms with E-state index in [2.05, 4.69) is 23.1 Å². The lowest BCUT2D eigenvalue weighted by molar-refractivity contribution is 0.430. The molecule has 104 valence electrons. The maximum absolute atomic E-state index is 5.89. The van der Waals surface area contributed by atoms with Crippen molar-refractivity contribution in [2.24, 2.45) is 0 Å². The van der Waals surface area contributed by atoms with Crippen molar-refractivity contribution in [3.8, 4) is 23.0 Å². The number of aromatic nitrogens is 2. The standard InChI is InChI=1S/C16H12N2O2S/c1-9-3-4-13-12(7-9)10(2)14(19-13)15-17-16(20-18-15)11-5-6-21-8-11/h3-8H,1-2H3. The van der Waals surface area contributed by atoms with Gasteiger partial charge in [-0.2, -0.15) is 16.3 Å². The number of aryl methyl sites for hydroxylation is 2. The highest BCUT2D eigenvalue weighted by Gasteiger charge is 2.18. The number of nitrogens with zero attached hydrogens (tertiary/aromatic N) is 2. The first-order valence-corrected chi connectivity index (χ1v) is 7.53. The van der Waals surface area contributed by atoms with E-state index in [-0.39, 0.29) is 0 Å². The summed E-state index contributed by atoms with van der Waals surface area (Å²) < 4.78 is 11.2. The summed E-state index contributed by atoms with van der Waals surface area (Å²) in [4.78, 5) is 4.44. The van der Waals surface area contributed by atoms with E-state index in [4.69, 9.17) is 8.94 Å². The Kier molecular flexibility index (Phi) is 2.68. The SMILES string of the molecule is Cc1ccc2oc(-c3noc(-c4ccsc4)n3)c(C)c2c1. The molecule has 0 spiro atoms. The third kappa shape index (κ3) is 1.97. The predicted octanol–water partition coefficient (Wildman–Crippen LogP) is 4.83. The normalized spacial score (nSPS) is 11.3. The number of thiophene rings is 1. The molecule has 0 aliphatic rings. The fourth-order valence-electron chi connectivity index (χ4n) is 2.37. The first-order valence-electron chi connectivity index (χ1n) is 6.59. The van der Waals surface area contributed by atoms with Crippen molar-refractivity contribution in [2.45, 2.75) is 13.8 Å². The summed E-state index contributed by atoms with van der Waals surface area (Å²) in [6.07, 6.45) is 0. The molecular weight excluding hydrogens is 284 g/mol. The molecule has 4 nitrogen and oxygen atoms in total. The molecule has 0 fully saturated rings. The summed E-state index contributed by atoms with van der Waals surface area (Å²) in [6, 6.07) is 8.07. The van der Waals surface area contributed by atoms with E-state index >= 15 is 0 Å². The molecule has 4 rings (SSSR count). The first-order chi connectivity index (χ1) is 10.2. The quantitative estimate of drug-likeness (QED) is 0.531. The monoisotopic (exact) mass is 296 g/mol. The van der Waals surface area contributed by atoms with Crippen LogP contribution in [-0.4, -0.2) is 10.1 Å². The fraction of sp³-hybridized carbons (Fsp3) is 0.125. The number of hydrogen-bond donors (Lipinski definition) is 0. The van der Waals surface area contributed by atoms with E-state index in [9.17, 15) is 0 Å². The minimum absolute atomic E-state index is 0.488. The van der Waals surface area contributed by atoms with Crippen molar-refractivity contribution in [3.63, 3.8) is 0 Å². The van der Waals surface area contributed by atoms with Gasteiger partial charge in [0.1, 0.15) is 5.58 Å². The van der Waals surface area contributed by atoms with Gasteiger partial charge in [0.05, 0.1) is 5.56 Å². The number of fused-ring (bicyclic) bond motifs is 1. The van der Waals surface area contributed by atoms with Gasteiger partial charge >= 0.3 is 0 Å². The number of hydrogen-bond acceptors (Lipinski definition) is 5. The second-order valence-corrected chi connectivity index (χ2v) is 5.77. The predicted molar refractivity (Wildman–Crippen MR) is 82.3 cm³/mol. The molecule has 0 atom stereocenters. The van der Waals surface area contributed by atoms with E-state index in [0.29, 0.717) is 17.5 Å². The lowest BCUT2D eigenvalue weighted by atomic mass is 10.1. The summed E-state index contributed by atoms with van der Waals surface area (Å²) >= 11 is 1.60. The van der Waals surface area contributed by atoms with Crippen molar-refractivity contribution in [3.05, 3.63) is 46.2 Å². The van der Waals surface area contributed by atoms with Crippen LogP contribution in [0, 0.1) is 13.8 Å². The number of rotatable bonds is 2. The van der Waals surface area contributed by atoms with Crippen LogP contribution in [0.5, 0.6) is 0 Å². The average Bonchev–Trinajstić information content (AvgIpc) is 3.18. The van der Waals surface area contributed by atoms with Gasteiger partial charge in [-0.15, -0.1) is 0 Å². The lowest BCUT2D eigenvalue weighted by Crippen LogP contribution is -1.80. The van der Waals surface area contributed by atoms with Crippen molar-refractivity contribution in [1.29, 1.82) is 0 Å². The topological polar surface area (TPSA) is 52.1 Å². The van der Waals surface area contributed by atoms with Crippen LogP contribution in [-0.2, 0) is 0 Å². The molecular formula is C16H12N2O2S. The molecule has 0 radical (unpaired) electrons. The van der Waals surface area contributed by atoms with E-state index in [1.165, 1.54) is 5.56 Å². The highest BCUT2D eigenvalue weighted by atomic mass is 32.1. The van der Waals surface area contributed by atoms with Crippen LogP contribution in [0.3, 0.4) is 0 Å². The van der Waals surface area contributed by atoms with Gasteiger partial charge in [-0.1, -0.05) is 16.8 Å². The molecule has 1 aromatic carbocycles. The van der Waals surface area contributed by atoms with Gasteiger partial charge in [0, 0.05) is 16.3 Å². The Labute approximate surface area is 125 Å².